The molecule has 4 nitrogen and oxygen atoms in total. The smallest absolute Gasteiger partial charge is 0.261 e. The summed E-state index contributed by atoms with van der Waals surface area (Å²) < 4.78 is 2.78. The first-order valence-electron chi connectivity index (χ1n) is 5.68. The first kappa shape index (κ1) is 13.3. The van der Waals surface area contributed by atoms with Crippen molar-refractivity contribution in [3.8, 4) is 0 Å². The minimum atomic E-state index is -0.0915. The summed E-state index contributed by atoms with van der Waals surface area (Å²) in [5.74, 6) is -0.0655. The molecule has 2 rings (SSSR count). The molecule has 1 atom stereocenters. The normalized spacial score (nSPS) is 12.4. The molecule has 0 aliphatic carbocycles. The molecule has 0 aromatic carbocycles. The van der Waals surface area contributed by atoms with Gasteiger partial charge in [-0.05, 0) is 41.9 Å². The summed E-state index contributed by atoms with van der Waals surface area (Å²) in [5, 5.41) is 9.21. The Kier molecular flexibility index (Phi) is 4.19. The van der Waals surface area contributed by atoms with Crippen LogP contribution in [0.25, 0.3) is 0 Å². The Morgan fingerprint density at radius 1 is 1.67 bits per heavy atom. The molecule has 0 fully saturated rings. The summed E-state index contributed by atoms with van der Waals surface area (Å²) in [4.78, 5) is 12.7. The standard InChI is InChI=1S/C12H14BrN3OS/c1-3-16-5-4-10(15-16)8(2)14-12(17)11-6-9(13)7-18-11/h4-8H,3H2,1-2H3,(H,14,17). The maximum Gasteiger partial charge on any atom is 0.261 e. The number of aromatic nitrogens is 2. The second-order valence-corrected chi connectivity index (χ2v) is 5.75. The van der Waals surface area contributed by atoms with Crippen LogP contribution in [-0.4, -0.2) is 15.7 Å². The van der Waals surface area contributed by atoms with E-state index in [0.717, 1.165) is 16.7 Å². The third-order valence-corrected chi connectivity index (χ3v) is 4.26. The molecule has 0 saturated heterocycles. The number of nitrogens with zero attached hydrogens (tertiary/aromatic N) is 2. The van der Waals surface area contributed by atoms with E-state index in [1.165, 1.54) is 11.3 Å². The monoisotopic (exact) mass is 327 g/mol. The maximum absolute atomic E-state index is 12.0. The van der Waals surface area contributed by atoms with Crippen LogP contribution in [0.2, 0.25) is 0 Å². The minimum absolute atomic E-state index is 0.0655. The number of hydrogen-bond donors (Lipinski definition) is 1. The van der Waals surface area contributed by atoms with Gasteiger partial charge in [-0.15, -0.1) is 11.3 Å². The lowest BCUT2D eigenvalue weighted by molar-refractivity contribution is 0.0943. The highest BCUT2D eigenvalue weighted by Gasteiger charge is 2.14. The molecule has 96 valence electrons. The Balaban J connectivity index is 2.02. The molecule has 0 aliphatic heterocycles. The van der Waals surface area contributed by atoms with Crippen molar-refractivity contribution in [1.82, 2.24) is 15.1 Å². The summed E-state index contributed by atoms with van der Waals surface area (Å²) in [6, 6.07) is 3.65. The van der Waals surface area contributed by atoms with Crippen LogP contribution in [0.15, 0.2) is 28.2 Å². The third-order valence-electron chi connectivity index (χ3n) is 2.57. The molecule has 6 heteroatoms. The number of thiophene rings is 1. The van der Waals surface area contributed by atoms with Gasteiger partial charge in [-0.25, -0.2) is 0 Å². The Bertz CT molecular complexity index is 549. The number of hydrogen-bond acceptors (Lipinski definition) is 3. The van der Waals surface area contributed by atoms with E-state index in [-0.39, 0.29) is 11.9 Å². The van der Waals surface area contributed by atoms with Gasteiger partial charge in [0.05, 0.1) is 16.6 Å². The van der Waals surface area contributed by atoms with Gasteiger partial charge in [0.15, 0.2) is 0 Å². The van der Waals surface area contributed by atoms with Gasteiger partial charge in [-0.2, -0.15) is 5.10 Å². The van der Waals surface area contributed by atoms with Crippen molar-refractivity contribution in [3.05, 3.63) is 38.8 Å². The molecule has 18 heavy (non-hydrogen) atoms. The third kappa shape index (κ3) is 3.00. The highest BCUT2D eigenvalue weighted by Crippen LogP contribution is 2.20. The van der Waals surface area contributed by atoms with Crippen molar-refractivity contribution in [2.75, 3.05) is 0 Å². The van der Waals surface area contributed by atoms with Gasteiger partial charge in [0, 0.05) is 22.6 Å². The molecular formula is C12H14BrN3OS. The second kappa shape index (κ2) is 5.67. The zero-order chi connectivity index (χ0) is 13.1. The predicted octanol–water partition coefficient (Wildman–Crippen LogP) is 3.22. The van der Waals surface area contributed by atoms with Gasteiger partial charge in [0.1, 0.15) is 0 Å². The van der Waals surface area contributed by atoms with E-state index >= 15 is 0 Å². The first-order chi connectivity index (χ1) is 8.60. The fourth-order valence-electron chi connectivity index (χ4n) is 1.56. The Hall–Kier alpha value is -1.14. The van der Waals surface area contributed by atoms with Crippen LogP contribution >= 0.6 is 27.3 Å². The predicted molar refractivity (Wildman–Crippen MR) is 75.8 cm³/mol. The first-order valence-corrected chi connectivity index (χ1v) is 7.35. The van der Waals surface area contributed by atoms with Gasteiger partial charge < -0.3 is 5.32 Å². The summed E-state index contributed by atoms with van der Waals surface area (Å²) >= 11 is 4.76. The summed E-state index contributed by atoms with van der Waals surface area (Å²) in [6.07, 6.45) is 1.92. The lowest BCUT2D eigenvalue weighted by atomic mass is 10.2. The van der Waals surface area contributed by atoms with E-state index in [2.05, 4.69) is 26.3 Å². The van der Waals surface area contributed by atoms with Gasteiger partial charge in [0.2, 0.25) is 0 Å². The van der Waals surface area contributed by atoms with Crippen molar-refractivity contribution >= 4 is 33.2 Å². The number of nitrogens with one attached hydrogen (secondary N) is 1. The van der Waals surface area contributed by atoms with Crippen LogP contribution in [0.1, 0.15) is 35.3 Å². The van der Waals surface area contributed by atoms with E-state index in [0.29, 0.717) is 4.88 Å². The van der Waals surface area contributed by atoms with Crippen molar-refractivity contribution in [2.45, 2.75) is 26.4 Å². The number of rotatable bonds is 4. The molecule has 0 radical (unpaired) electrons. The number of carbonyl (C=O) groups is 1. The van der Waals surface area contributed by atoms with E-state index in [1.54, 1.807) is 0 Å². The van der Waals surface area contributed by atoms with Crippen LogP contribution in [0, 0.1) is 0 Å². The molecule has 1 N–H and O–H groups in total. The maximum atomic E-state index is 12.0. The lowest BCUT2D eigenvalue weighted by Gasteiger charge is -2.10. The van der Waals surface area contributed by atoms with Gasteiger partial charge >= 0.3 is 0 Å². The SMILES string of the molecule is CCn1ccc(C(C)NC(=O)c2cc(Br)cs2)n1. The average molecular weight is 328 g/mol. The molecule has 1 unspecified atom stereocenters. The van der Waals surface area contributed by atoms with E-state index < -0.39 is 0 Å². The number of aryl methyl sites for hydroxylation is 1. The number of halogens is 1. The van der Waals surface area contributed by atoms with Crippen LogP contribution in [0.5, 0.6) is 0 Å². The highest BCUT2D eigenvalue weighted by molar-refractivity contribution is 9.10. The van der Waals surface area contributed by atoms with Crippen LogP contribution < -0.4 is 5.32 Å². The molecule has 0 saturated carbocycles. The van der Waals surface area contributed by atoms with Crippen molar-refractivity contribution in [2.24, 2.45) is 0 Å². The summed E-state index contributed by atoms with van der Waals surface area (Å²) in [7, 11) is 0. The highest BCUT2D eigenvalue weighted by atomic mass is 79.9. The second-order valence-electron chi connectivity index (χ2n) is 3.92. The Morgan fingerprint density at radius 3 is 3.00 bits per heavy atom. The van der Waals surface area contributed by atoms with Crippen LogP contribution in [0.3, 0.4) is 0 Å². The fourth-order valence-corrected chi connectivity index (χ4v) is 2.89. The van der Waals surface area contributed by atoms with Crippen molar-refractivity contribution in [1.29, 1.82) is 0 Å². The fraction of sp³-hybridized carbons (Fsp3) is 0.333. The minimum Gasteiger partial charge on any atom is -0.343 e. The zero-order valence-electron chi connectivity index (χ0n) is 10.2. The summed E-state index contributed by atoms with van der Waals surface area (Å²) in [5.41, 5.74) is 0.876. The Morgan fingerprint density at radius 2 is 2.44 bits per heavy atom. The average Bonchev–Trinajstić information content (AvgIpc) is 2.97. The molecule has 0 aliphatic rings. The quantitative estimate of drug-likeness (QED) is 0.937. The molecule has 0 spiro atoms. The van der Waals surface area contributed by atoms with E-state index in [1.807, 2.05) is 42.2 Å². The summed E-state index contributed by atoms with van der Waals surface area (Å²) in [6.45, 7) is 4.80. The van der Waals surface area contributed by atoms with Crippen LogP contribution in [0.4, 0.5) is 0 Å². The van der Waals surface area contributed by atoms with Gasteiger partial charge in [0.25, 0.3) is 5.91 Å². The number of amides is 1. The van der Waals surface area contributed by atoms with Gasteiger partial charge in [-0.1, -0.05) is 0 Å². The van der Waals surface area contributed by atoms with E-state index in [9.17, 15) is 4.79 Å². The van der Waals surface area contributed by atoms with Crippen molar-refractivity contribution < 1.29 is 4.79 Å². The molecule has 2 heterocycles. The molecule has 2 aromatic rings. The molecule has 2 aromatic heterocycles. The zero-order valence-corrected chi connectivity index (χ0v) is 12.6. The Labute approximate surface area is 118 Å². The number of carbonyl (C=O) groups excluding carboxylic acids is 1. The van der Waals surface area contributed by atoms with Crippen molar-refractivity contribution in [3.63, 3.8) is 0 Å². The largest absolute Gasteiger partial charge is 0.343 e. The topological polar surface area (TPSA) is 46.9 Å². The van der Waals surface area contributed by atoms with E-state index in [4.69, 9.17) is 0 Å². The molecule has 0 bridgehead atoms. The van der Waals surface area contributed by atoms with Gasteiger partial charge in [-0.3, -0.25) is 9.48 Å². The molecular weight excluding hydrogens is 314 g/mol. The lowest BCUT2D eigenvalue weighted by Crippen LogP contribution is -2.26. The molecule has 1 amide bonds. The van der Waals surface area contributed by atoms with Crippen LogP contribution in [-0.2, 0) is 6.54 Å².